The van der Waals surface area contributed by atoms with Crippen molar-refractivity contribution in [3.63, 3.8) is 0 Å². The van der Waals surface area contributed by atoms with Crippen molar-refractivity contribution in [2.45, 2.75) is 290 Å². The van der Waals surface area contributed by atoms with Crippen molar-refractivity contribution < 1.29 is 37.3 Å². The largest absolute Gasteiger partial charge is 0.756 e. The Balaban J connectivity index is 5.16. The number of ether oxygens (including phenoxy) is 1. The van der Waals surface area contributed by atoms with E-state index in [9.17, 15) is 19.0 Å². The number of carbonyl (C=O) groups excluding carboxylic acids is 2. The summed E-state index contributed by atoms with van der Waals surface area (Å²) in [5, 5.41) is 3.02. The number of unbranched alkanes of at least 4 members (excludes halogenated alkanes) is 29. The lowest BCUT2D eigenvalue weighted by atomic mass is 10.0. The van der Waals surface area contributed by atoms with Gasteiger partial charge in [0, 0.05) is 12.8 Å². The van der Waals surface area contributed by atoms with Crippen LogP contribution < -0.4 is 10.2 Å². The Bertz CT molecular complexity index is 1590. The van der Waals surface area contributed by atoms with Gasteiger partial charge in [-0.1, -0.05) is 247 Å². The number of allylic oxidation sites excluding steroid dienone is 13. The standard InChI is InChI=1S/C67H121N2O7P/c1-7-10-13-16-19-22-25-28-30-31-32-33-34-35-36-37-38-39-40-42-45-48-51-54-57-60-67(71)76-65(58-55-52-49-46-43-27-24-21-18-15-12-9-3)64(63-75-77(72,73)74-62-61-69(4,5)6)68-66(70)59-56-53-50-47-44-41-29-26-23-20-17-14-11-8-2/h11,14,19-20,22-23,28,30,32-33,35-36,55,58,64-65H,7-10,12-13,15-18,21,24-27,29,31,34,37-54,56-57,59-63H2,1-6H3,(H-,68,70,72,73)/b14-11+,22-19-,23-20+,30-28-,33-32-,36-35-,58-55-. The maximum absolute atomic E-state index is 13.5. The molecule has 9 nitrogen and oxygen atoms in total. The first-order valence-corrected chi connectivity index (χ1v) is 33.4. The first-order chi connectivity index (χ1) is 37.4. The van der Waals surface area contributed by atoms with Crippen molar-refractivity contribution in [3.05, 3.63) is 85.1 Å². The second kappa shape index (κ2) is 56.5. The summed E-state index contributed by atoms with van der Waals surface area (Å²) in [6.07, 6.45) is 74.1. The van der Waals surface area contributed by atoms with Gasteiger partial charge in [-0.05, 0) is 102 Å². The summed E-state index contributed by atoms with van der Waals surface area (Å²) in [7, 11) is 1.17. The monoisotopic (exact) mass is 1100 g/mol. The van der Waals surface area contributed by atoms with Gasteiger partial charge < -0.3 is 28.5 Å². The number of amides is 1. The lowest BCUT2D eigenvalue weighted by molar-refractivity contribution is -0.870. The van der Waals surface area contributed by atoms with Crippen LogP contribution >= 0.6 is 7.82 Å². The Morgan fingerprint density at radius 1 is 0.468 bits per heavy atom. The Morgan fingerprint density at radius 3 is 1.27 bits per heavy atom. The highest BCUT2D eigenvalue weighted by atomic mass is 31.2. The zero-order valence-corrected chi connectivity index (χ0v) is 51.8. The molecule has 0 saturated heterocycles. The van der Waals surface area contributed by atoms with Gasteiger partial charge in [0.15, 0.2) is 0 Å². The average Bonchev–Trinajstić information content (AvgIpc) is 3.39. The van der Waals surface area contributed by atoms with E-state index in [2.05, 4.69) is 99.0 Å². The molecule has 0 aliphatic heterocycles. The molecule has 0 aromatic heterocycles. The number of hydrogen-bond acceptors (Lipinski definition) is 7. The van der Waals surface area contributed by atoms with Gasteiger partial charge in [0.1, 0.15) is 19.3 Å². The van der Waals surface area contributed by atoms with E-state index in [0.717, 1.165) is 116 Å². The maximum Gasteiger partial charge on any atom is 0.306 e. The average molecular weight is 1100 g/mol. The number of nitrogens with one attached hydrogen (secondary N) is 1. The lowest BCUT2D eigenvalue weighted by Crippen LogP contribution is -2.47. The van der Waals surface area contributed by atoms with Gasteiger partial charge in [0.05, 0.1) is 33.8 Å². The quantitative estimate of drug-likeness (QED) is 0.0212. The van der Waals surface area contributed by atoms with Crippen LogP contribution in [-0.2, 0) is 27.9 Å². The van der Waals surface area contributed by atoms with Crippen molar-refractivity contribution in [1.82, 2.24) is 5.32 Å². The molecule has 77 heavy (non-hydrogen) atoms. The van der Waals surface area contributed by atoms with E-state index in [1.807, 2.05) is 33.3 Å². The van der Waals surface area contributed by atoms with Crippen molar-refractivity contribution in [2.75, 3.05) is 40.9 Å². The molecule has 446 valence electrons. The summed E-state index contributed by atoms with van der Waals surface area (Å²) in [5.74, 6) is -0.557. The molecule has 0 heterocycles. The number of phosphoric acid groups is 1. The van der Waals surface area contributed by atoms with Gasteiger partial charge in [0.25, 0.3) is 7.82 Å². The van der Waals surface area contributed by atoms with Crippen LogP contribution in [0.3, 0.4) is 0 Å². The molecule has 0 aromatic carbocycles. The van der Waals surface area contributed by atoms with E-state index >= 15 is 0 Å². The molecule has 3 atom stereocenters. The molecule has 0 radical (unpaired) electrons. The molecule has 10 heteroatoms. The minimum absolute atomic E-state index is 0.0280. The normalized spacial score (nSPS) is 14.2. The highest BCUT2D eigenvalue weighted by molar-refractivity contribution is 7.45. The van der Waals surface area contributed by atoms with Crippen LogP contribution in [0.15, 0.2) is 85.1 Å². The highest BCUT2D eigenvalue weighted by Gasteiger charge is 2.27. The van der Waals surface area contributed by atoms with Gasteiger partial charge in [-0.25, -0.2) is 0 Å². The number of nitrogens with zero attached hydrogens (tertiary/aromatic N) is 1. The first-order valence-electron chi connectivity index (χ1n) is 31.9. The molecule has 1 N–H and O–H groups in total. The van der Waals surface area contributed by atoms with Gasteiger partial charge in [0.2, 0.25) is 5.91 Å². The number of carbonyl (C=O) groups is 2. The Kier molecular flexibility index (Phi) is 54.4. The first kappa shape index (κ1) is 74.2. The fourth-order valence-corrected chi connectivity index (χ4v) is 9.62. The summed E-state index contributed by atoms with van der Waals surface area (Å²) < 4.78 is 30.3. The number of rotatable bonds is 57. The van der Waals surface area contributed by atoms with Gasteiger partial charge in [-0.2, -0.15) is 0 Å². The minimum atomic E-state index is -4.70. The van der Waals surface area contributed by atoms with Crippen LogP contribution in [-0.4, -0.2) is 69.4 Å². The topological polar surface area (TPSA) is 114 Å². The number of likely N-dealkylation sites (N-methyl/N-ethyl adjacent to an activating group) is 1. The van der Waals surface area contributed by atoms with Crippen LogP contribution in [0.5, 0.6) is 0 Å². The van der Waals surface area contributed by atoms with Crippen molar-refractivity contribution in [1.29, 1.82) is 0 Å². The predicted octanol–water partition coefficient (Wildman–Crippen LogP) is 19.1. The van der Waals surface area contributed by atoms with Crippen molar-refractivity contribution in [2.24, 2.45) is 0 Å². The number of phosphoric ester groups is 1. The fourth-order valence-electron chi connectivity index (χ4n) is 8.90. The molecule has 0 aromatic rings. The Labute approximate surface area is 476 Å². The van der Waals surface area contributed by atoms with Crippen LogP contribution in [0.4, 0.5) is 0 Å². The van der Waals surface area contributed by atoms with E-state index in [0.29, 0.717) is 17.4 Å². The van der Waals surface area contributed by atoms with E-state index in [4.69, 9.17) is 13.8 Å². The molecule has 3 unspecified atom stereocenters. The summed E-state index contributed by atoms with van der Waals surface area (Å²) in [4.78, 5) is 40.0. The second-order valence-electron chi connectivity index (χ2n) is 22.5. The van der Waals surface area contributed by atoms with E-state index < -0.39 is 26.6 Å². The fraction of sp³-hybridized carbons (Fsp3) is 0.761. The number of esters is 1. The van der Waals surface area contributed by atoms with Crippen LogP contribution in [0, 0.1) is 0 Å². The summed E-state index contributed by atoms with van der Waals surface area (Å²) in [6, 6.07) is -0.898. The van der Waals surface area contributed by atoms with Crippen LogP contribution in [0.25, 0.3) is 0 Å². The number of quaternary nitrogens is 1. The molecule has 1 amide bonds. The third-order valence-electron chi connectivity index (χ3n) is 13.8. The molecule has 0 saturated carbocycles. The van der Waals surface area contributed by atoms with E-state index in [-0.39, 0.29) is 24.9 Å². The van der Waals surface area contributed by atoms with Crippen LogP contribution in [0.1, 0.15) is 278 Å². The molecule has 0 rings (SSSR count). The third-order valence-corrected chi connectivity index (χ3v) is 14.8. The summed E-state index contributed by atoms with van der Waals surface area (Å²) in [5.41, 5.74) is 0. The SMILES string of the molecule is CC/C=C/C/C=C/CCCCCCCCCC(=O)NC(COP(=O)([O-])OCC[N+](C)(C)C)C(/C=C\CCCCCCCCCCCC)OC(=O)CCCCCCCCCCC/C=C\C/C=C\C/C=C\C/C=C\CCCCC. The molecule has 0 bridgehead atoms. The molecule has 0 fully saturated rings. The highest BCUT2D eigenvalue weighted by Crippen LogP contribution is 2.38. The zero-order valence-electron chi connectivity index (χ0n) is 50.9. The third kappa shape index (κ3) is 57.7. The van der Waals surface area contributed by atoms with Crippen molar-refractivity contribution in [3.8, 4) is 0 Å². The van der Waals surface area contributed by atoms with E-state index in [1.54, 1.807) is 0 Å². The molecule has 0 spiro atoms. The van der Waals surface area contributed by atoms with E-state index in [1.165, 1.54) is 128 Å². The summed E-state index contributed by atoms with van der Waals surface area (Å²) in [6.45, 7) is 6.70. The molecule has 0 aliphatic carbocycles. The maximum atomic E-state index is 13.5. The second-order valence-corrected chi connectivity index (χ2v) is 23.9. The molecule has 0 aliphatic rings. The van der Waals surface area contributed by atoms with Crippen LogP contribution in [0.2, 0.25) is 0 Å². The molecular weight excluding hydrogens is 976 g/mol. The molecular formula is C67H121N2O7P. The Morgan fingerprint density at radius 2 is 0.831 bits per heavy atom. The predicted molar refractivity (Wildman–Crippen MR) is 330 cm³/mol. The number of hydrogen-bond donors (Lipinski definition) is 1. The summed E-state index contributed by atoms with van der Waals surface area (Å²) >= 11 is 0. The Hall–Kier alpha value is -2.81. The van der Waals surface area contributed by atoms with Crippen molar-refractivity contribution >= 4 is 19.7 Å². The van der Waals surface area contributed by atoms with Gasteiger partial charge in [-0.3, -0.25) is 14.2 Å². The zero-order chi connectivity index (χ0) is 56.4. The van der Waals surface area contributed by atoms with Gasteiger partial charge in [-0.15, -0.1) is 0 Å². The minimum Gasteiger partial charge on any atom is -0.756 e. The smallest absolute Gasteiger partial charge is 0.306 e. The van der Waals surface area contributed by atoms with Gasteiger partial charge >= 0.3 is 5.97 Å². The lowest BCUT2D eigenvalue weighted by Gasteiger charge is -2.30.